The maximum absolute atomic E-state index is 5.82. The molecule has 6 nitrogen and oxygen atoms in total. The van der Waals surface area contributed by atoms with Gasteiger partial charge in [0.25, 0.3) is 0 Å². The fourth-order valence-corrected chi connectivity index (χ4v) is 3.74. The molecule has 1 N–H and O–H groups in total. The second kappa shape index (κ2) is 10.9. The van der Waals surface area contributed by atoms with Crippen LogP contribution in [0.5, 0.6) is 5.75 Å². The number of likely N-dealkylation sites (tertiary alicyclic amines) is 1. The van der Waals surface area contributed by atoms with E-state index in [4.69, 9.17) is 9.73 Å². The van der Waals surface area contributed by atoms with Gasteiger partial charge in [-0.15, -0.1) is 0 Å². The van der Waals surface area contributed by atoms with Crippen molar-refractivity contribution in [1.82, 2.24) is 19.8 Å². The average molecular weight is 398 g/mol. The molecule has 1 aliphatic heterocycles. The van der Waals surface area contributed by atoms with Crippen LogP contribution in [-0.2, 0) is 0 Å². The molecule has 0 saturated carbocycles. The number of aliphatic imine (C=N–C) groups is 1. The van der Waals surface area contributed by atoms with Gasteiger partial charge in [-0.3, -0.25) is 4.99 Å². The van der Waals surface area contributed by atoms with Crippen molar-refractivity contribution in [3.63, 3.8) is 0 Å². The monoisotopic (exact) mass is 397 g/mol. The summed E-state index contributed by atoms with van der Waals surface area (Å²) in [5.41, 5.74) is 1.25. The maximum Gasteiger partial charge on any atom is 0.193 e. The lowest BCUT2D eigenvalue weighted by Crippen LogP contribution is -2.49. The quantitative estimate of drug-likeness (QED) is 0.417. The van der Waals surface area contributed by atoms with Crippen LogP contribution in [0.3, 0.4) is 0 Å². The van der Waals surface area contributed by atoms with Gasteiger partial charge in [0.05, 0.1) is 19.0 Å². The Balaban J connectivity index is 1.47. The first kappa shape index (κ1) is 21.2. The zero-order chi connectivity index (χ0) is 20.5. The Hall–Kier alpha value is -2.50. The molecule has 1 aromatic carbocycles. The van der Waals surface area contributed by atoms with Gasteiger partial charge in [0.15, 0.2) is 5.96 Å². The van der Waals surface area contributed by atoms with Crippen LogP contribution in [0.15, 0.2) is 48.0 Å². The normalized spacial score (nSPS) is 20.0. The highest BCUT2D eigenvalue weighted by atomic mass is 16.5. The number of imidazole rings is 1. The molecule has 3 rings (SSSR count). The van der Waals surface area contributed by atoms with Crippen molar-refractivity contribution in [2.24, 2.45) is 10.9 Å². The molecule has 1 aliphatic rings. The smallest absolute Gasteiger partial charge is 0.193 e. The number of rotatable bonds is 8. The van der Waals surface area contributed by atoms with Crippen molar-refractivity contribution in [3.8, 4) is 5.75 Å². The summed E-state index contributed by atoms with van der Waals surface area (Å²) in [6, 6.07) is 8.67. The van der Waals surface area contributed by atoms with Gasteiger partial charge >= 0.3 is 0 Å². The number of aromatic nitrogens is 2. The van der Waals surface area contributed by atoms with Crippen LogP contribution in [0.4, 0.5) is 0 Å². The van der Waals surface area contributed by atoms with Gasteiger partial charge < -0.3 is 19.5 Å². The number of nitrogens with zero attached hydrogens (tertiary/aromatic N) is 4. The van der Waals surface area contributed by atoms with Crippen molar-refractivity contribution in [2.45, 2.75) is 46.1 Å². The van der Waals surface area contributed by atoms with Crippen molar-refractivity contribution in [2.75, 3.05) is 32.8 Å². The predicted octanol–water partition coefficient (Wildman–Crippen LogP) is 3.90. The number of hydrogen-bond acceptors (Lipinski definition) is 3. The Labute approximate surface area is 175 Å². The summed E-state index contributed by atoms with van der Waals surface area (Å²) in [6.07, 6.45) is 9.06. The molecule has 0 amide bonds. The van der Waals surface area contributed by atoms with Gasteiger partial charge in [-0.1, -0.05) is 24.6 Å². The zero-order valence-corrected chi connectivity index (χ0v) is 18.1. The van der Waals surface area contributed by atoms with Crippen LogP contribution in [-0.4, -0.2) is 53.2 Å². The summed E-state index contributed by atoms with van der Waals surface area (Å²) in [7, 11) is 0. The first-order chi connectivity index (χ1) is 14.2. The highest BCUT2D eigenvalue weighted by molar-refractivity contribution is 5.80. The number of aryl methyl sites for hydroxylation is 1. The number of benzene rings is 1. The minimum absolute atomic E-state index is 0.443. The molecular formula is C23H35N5O. The minimum atomic E-state index is 0.443. The van der Waals surface area contributed by atoms with E-state index in [1.807, 2.05) is 24.7 Å². The van der Waals surface area contributed by atoms with Crippen molar-refractivity contribution in [1.29, 1.82) is 0 Å². The molecule has 158 valence electrons. The molecule has 0 aliphatic carbocycles. The second-order valence-corrected chi connectivity index (χ2v) is 7.89. The average Bonchev–Trinajstić information content (AvgIpc) is 3.26. The Bertz CT molecular complexity index is 741. The van der Waals surface area contributed by atoms with E-state index in [1.165, 1.54) is 5.56 Å². The van der Waals surface area contributed by atoms with E-state index in [0.717, 1.165) is 63.8 Å². The fourth-order valence-electron chi connectivity index (χ4n) is 3.74. The van der Waals surface area contributed by atoms with Crippen molar-refractivity contribution >= 4 is 5.96 Å². The molecule has 1 saturated heterocycles. The molecule has 6 heteroatoms. The van der Waals surface area contributed by atoms with Gasteiger partial charge in [-0.2, -0.15) is 0 Å². The van der Waals surface area contributed by atoms with E-state index in [9.17, 15) is 0 Å². The van der Waals surface area contributed by atoms with Crippen molar-refractivity contribution < 1.29 is 4.74 Å². The number of ether oxygens (including phenoxy) is 1. The number of guanidine groups is 1. The van der Waals surface area contributed by atoms with Crippen LogP contribution in [0, 0.1) is 12.8 Å². The van der Waals surface area contributed by atoms with Gasteiger partial charge in [0.2, 0.25) is 0 Å². The number of piperidine rings is 1. The van der Waals surface area contributed by atoms with Gasteiger partial charge in [0, 0.05) is 38.6 Å². The standard InChI is InChI=1S/C23H35N5O/c1-4-25-23(26-12-5-6-16-29-21-9-7-19(2)8-10-21)27-14-11-20(3)22(17-27)28-15-13-24-18-28/h7-10,13,15,18,20,22H,4-6,11-12,14,16-17H2,1-3H3,(H,25,26). The van der Waals surface area contributed by atoms with Crippen LogP contribution < -0.4 is 10.1 Å². The third-order valence-electron chi connectivity index (χ3n) is 5.56. The molecule has 29 heavy (non-hydrogen) atoms. The van der Waals surface area contributed by atoms with E-state index in [-0.39, 0.29) is 0 Å². The Morgan fingerprint density at radius 1 is 1.28 bits per heavy atom. The van der Waals surface area contributed by atoms with E-state index in [2.05, 4.69) is 58.9 Å². The first-order valence-electron chi connectivity index (χ1n) is 10.9. The second-order valence-electron chi connectivity index (χ2n) is 7.89. The lowest BCUT2D eigenvalue weighted by atomic mass is 9.93. The Morgan fingerprint density at radius 3 is 2.83 bits per heavy atom. The van der Waals surface area contributed by atoms with E-state index in [0.29, 0.717) is 12.0 Å². The summed E-state index contributed by atoms with van der Waals surface area (Å²) >= 11 is 0. The summed E-state index contributed by atoms with van der Waals surface area (Å²) in [6.45, 7) is 11.0. The summed E-state index contributed by atoms with van der Waals surface area (Å²) in [5, 5.41) is 3.47. The third-order valence-corrected chi connectivity index (χ3v) is 5.56. The van der Waals surface area contributed by atoms with Crippen LogP contribution in [0.2, 0.25) is 0 Å². The van der Waals surface area contributed by atoms with Crippen LogP contribution >= 0.6 is 0 Å². The Kier molecular flexibility index (Phi) is 7.96. The predicted molar refractivity (Wildman–Crippen MR) is 119 cm³/mol. The topological polar surface area (TPSA) is 54.7 Å². The maximum atomic E-state index is 5.82. The fraction of sp³-hybridized carbons (Fsp3) is 0.565. The Morgan fingerprint density at radius 2 is 2.10 bits per heavy atom. The third kappa shape index (κ3) is 6.24. The van der Waals surface area contributed by atoms with Crippen LogP contribution in [0.1, 0.15) is 44.7 Å². The molecule has 1 fully saturated rings. The number of unbranched alkanes of at least 4 members (excludes halogenated alkanes) is 1. The van der Waals surface area contributed by atoms with Gasteiger partial charge in [-0.25, -0.2) is 4.98 Å². The molecule has 2 unspecified atom stereocenters. The molecule has 1 aromatic heterocycles. The molecule has 0 bridgehead atoms. The molecule has 0 spiro atoms. The van der Waals surface area contributed by atoms with E-state index >= 15 is 0 Å². The van der Waals surface area contributed by atoms with E-state index in [1.54, 1.807) is 0 Å². The summed E-state index contributed by atoms with van der Waals surface area (Å²) < 4.78 is 8.05. The highest BCUT2D eigenvalue weighted by Gasteiger charge is 2.28. The lowest BCUT2D eigenvalue weighted by molar-refractivity contribution is 0.189. The highest BCUT2D eigenvalue weighted by Crippen LogP contribution is 2.27. The molecule has 0 radical (unpaired) electrons. The van der Waals surface area contributed by atoms with Gasteiger partial charge in [-0.05, 0) is 51.2 Å². The SMILES string of the molecule is CCNC(=NCCCCOc1ccc(C)cc1)N1CCC(C)C(n2ccnc2)C1. The molecule has 2 atom stereocenters. The largest absolute Gasteiger partial charge is 0.494 e. The molecule has 2 heterocycles. The molecular weight excluding hydrogens is 362 g/mol. The minimum Gasteiger partial charge on any atom is -0.494 e. The zero-order valence-electron chi connectivity index (χ0n) is 18.1. The number of hydrogen-bond donors (Lipinski definition) is 1. The van der Waals surface area contributed by atoms with Gasteiger partial charge in [0.1, 0.15) is 5.75 Å². The summed E-state index contributed by atoms with van der Waals surface area (Å²) in [5.74, 6) is 2.62. The summed E-state index contributed by atoms with van der Waals surface area (Å²) in [4.78, 5) is 11.5. The number of nitrogens with one attached hydrogen (secondary N) is 1. The lowest BCUT2D eigenvalue weighted by Gasteiger charge is -2.39. The van der Waals surface area contributed by atoms with E-state index < -0.39 is 0 Å². The first-order valence-corrected chi connectivity index (χ1v) is 10.9. The van der Waals surface area contributed by atoms with Crippen molar-refractivity contribution in [3.05, 3.63) is 48.5 Å². The molecule has 2 aromatic rings. The van der Waals surface area contributed by atoms with Crippen LogP contribution in [0.25, 0.3) is 0 Å².